The molecule has 0 fully saturated rings. The molecule has 0 aliphatic heterocycles. The fourth-order valence-electron chi connectivity index (χ4n) is 1.50. The van der Waals surface area contributed by atoms with Gasteiger partial charge >= 0.3 is 0 Å². The highest BCUT2D eigenvalue weighted by atomic mass is 35.5. The normalized spacial score (nSPS) is 11.5. The summed E-state index contributed by atoms with van der Waals surface area (Å²) in [4.78, 5) is 3.93. The number of halogens is 1. The van der Waals surface area contributed by atoms with Crippen molar-refractivity contribution in [2.75, 3.05) is 0 Å². The molecule has 19 heavy (non-hydrogen) atoms. The third kappa shape index (κ3) is 3.25. The van der Waals surface area contributed by atoms with Gasteiger partial charge in [-0.25, -0.2) is 18.5 Å². The number of primary sulfonamides is 1. The quantitative estimate of drug-likeness (QED) is 0.922. The number of rotatable bonds is 4. The van der Waals surface area contributed by atoms with Crippen molar-refractivity contribution in [3.8, 4) is 5.75 Å². The molecule has 0 bridgehead atoms. The van der Waals surface area contributed by atoms with E-state index in [1.54, 1.807) is 17.0 Å². The fourth-order valence-corrected chi connectivity index (χ4v) is 2.44. The van der Waals surface area contributed by atoms with Crippen molar-refractivity contribution in [3.63, 3.8) is 0 Å². The molecule has 8 heteroatoms. The highest BCUT2D eigenvalue weighted by molar-refractivity contribution is 7.89. The monoisotopic (exact) mass is 301 g/mol. The van der Waals surface area contributed by atoms with Gasteiger partial charge in [0.1, 0.15) is 23.1 Å². The first-order valence-corrected chi connectivity index (χ1v) is 7.21. The second-order valence-electron chi connectivity index (χ2n) is 3.88. The van der Waals surface area contributed by atoms with Crippen LogP contribution in [0.2, 0.25) is 5.02 Å². The highest BCUT2D eigenvalue weighted by Crippen LogP contribution is 2.26. The van der Waals surface area contributed by atoms with Crippen LogP contribution < -0.4 is 9.88 Å². The van der Waals surface area contributed by atoms with Gasteiger partial charge in [-0.05, 0) is 18.2 Å². The summed E-state index contributed by atoms with van der Waals surface area (Å²) in [5.41, 5.74) is 0. The summed E-state index contributed by atoms with van der Waals surface area (Å²) in [6.07, 6.45) is 3.39. The summed E-state index contributed by atoms with van der Waals surface area (Å²) in [6, 6.07) is 4.25. The van der Waals surface area contributed by atoms with Gasteiger partial charge in [0, 0.05) is 24.5 Å². The Kier molecular flexibility index (Phi) is 3.79. The molecule has 2 aromatic rings. The number of sulfonamides is 1. The summed E-state index contributed by atoms with van der Waals surface area (Å²) in [5, 5.41) is 5.39. The van der Waals surface area contributed by atoms with Crippen molar-refractivity contribution in [2.24, 2.45) is 12.2 Å². The summed E-state index contributed by atoms with van der Waals surface area (Å²) in [7, 11) is -2.08. The Labute approximate surface area is 115 Å². The summed E-state index contributed by atoms with van der Waals surface area (Å²) in [5.74, 6) is 0.810. The molecule has 0 unspecified atom stereocenters. The molecular formula is C11H12ClN3O3S. The van der Waals surface area contributed by atoms with Crippen LogP contribution in [-0.4, -0.2) is 18.0 Å². The Bertz CT molecular complexity index is 697. The van der Waals surface area contributed by atoms with Gasteiger partial charge in [-0.1, -0.05) is 11.6 Å². The second-order valence-corrected chi connectivity index (χ2v) is 5.85. The molecule has 0 atom stereocenters. The van der Waals surface area contributed by atoms with Crippen molar-refractivity contribution in [1.29, 1.82) is 0 Å². The standard InChI is InChI=1S/C11H12ClN3O3S/c1-15-5-4-14-11(15)7-18-9-3-2-8(12)6-10(9)19(13,16)17/h2-6H,7H2,1H3,(H2,13,16,17). The maximum Gasteiger partial charge on any atom is 0.241 e. The molecule has 102 valence electrons. The fraction of sp³-hybridized carbons (Fsp3) is 0.182. The number of aromatic nitrogens is 2. The summed E-state index contributed by atoms with van der Waals surface area (Å²) >= 11 is 5.76. The minimum absolute atomic E-state index is 0.133. The SMILES string of the molecule is Cn1ccnc1COc1ccc(Cl)cc1S(N)(=O)=O. The second kappa shape index (κ2) is 5.20. The molecule has 0 aliphatic carbocycles. The van der Waals surface area contributed by atoms with E-state index in [2.05, 4.69) is 4.98 Å². The van der Waals surface area contributed by atoms with E-state index in [1.165, 1.54) is 18.2 Å². The zero-order valence-corrected chi connectivity index (χ0v) is 11.6. The first kappa shape index (κ1) is 13.9. The molecule has 1 aromatic carbocycles. The zero-order valence-electron chi connectivity index (χ0n) is 10.1. The third-order valence-corrected chi connectivity index (χ3v) is 3.66. The Morgan fingerprint density at radius 2 is 2.21 bits per heavy atom. The summed E-state index contributed by atoms with van der Waals surface area (Å²) in [6.45, 7) is 0.133. The Balaban J connectivity index is 2.28. The molecule has 0 aliphatic rings. The van der Waals surface area contributed by atoms with Crippen LogP contribution in [0.25, 0.3) is 0 Å². The maximum atomic E-state index is 11.5. The highest BCUT2D eigenvalue weighted by Gasteiger charge is 2.16. The number of hydrogen-bond donors (Lipinski definition) is 1. The van der Waals surface area contributed by atoms with Crippen molar-refractivity contribution >= 4 is 21.6 Å². The van der Waals surface area contributed by atoms with Crippen LogP contribution in [0.3, 0.4) is 0 Å². The maximum absolute atomic E-state index is 11.5. The van der Waals surface area contributed by atoms with Gasteiger partial charge in [0.15, 0.2) is 0 Å². The van der Waals surface area contributed by atoms with Crippen molar-refractivity contribution in [2.45, 2.75) is 11.5 Å². The molecule has 1 aromatic heterocycles. The van der Waals surface area contributed by atoms with Gasteiger partial charge in [-0.3, -0.25) is 0 Å². The molecular weight excluding hydrogens is 290 g/mol. The Morgan fingerprint density at radius 1 is 1.47 bits per heavy atom. The Hall–Kier alpha value is -1.57. The van der Waals surface area contributed by atoms with Gasteiger partial charge in [0.25, 0.3) is 0 Å². The number of hydrogen-bond acceptors (Lipinski definition) is 4. The first-order valence-electron chi connectivity index (χ1n) is 5.29. The molecule has 0 saturated carbocycles. The molecule has 0 spiro atoms. The Morgan fingerprint density at radius 3 is 2.79 bits per heavy atom. The van der Waals surface area contributed by atoms with Gasteiger partial charge in [-0.2, -0.15) is 0 Å². The largest absolute Gasteiger partial charge is 0.484 e. The summed E-state index contributed by atoms with van der Waals surface area (Å²) < 4.78 is 30.1. The minimum Gasteiger partial charge on any atom is -0.484 e. The van der Waals surface area contributed by atoms with Crippen LogP contribution in [0, 0.1) is 0 Å². The van der Waals surface area contributed by atoms with Crippen molar-refractivity contribution in [1.82, 2.24) is 9.55 Å². The van der Waals surface area contributed by atoms with E-state index in [9.17, 15) is 8.42 Å². The van der Waals surface area contributed by atoms with Crippen LogP contribution in [0.5, 0.6) is 5.75 Å². The number of nitrogens with two attached hydrogens (primary N) is 1. The molecule has 0 amide bonds. The van der Waals surface area contributed by atoms with E-state index in [4.69, 9.17) is 21.5 Å². The number of aryl methyl sites for hydroxylation is 1. The van der Waals surface area contributed by atoms with Crippen LogP contribution in [0.15, 0.2) is 35.5 Å². The molecule has 6 nitrogen and oxygen atoms in total. The zero-order chi connectivity index (χ0) is 14.0. The lowest BCUT2D eigenvalue weighted by Gasteiger charge is -2.10. The van der Waals surface area contributed by atoms with Crippen molar-refractivity contribution < 1.29 is 13.2 Å². The van der Waals surface area contributed by atoms with Gasteiger partial charge in [-0.15, -0.1) is 0 Å². The number of imidazole rings is 1. The van der Waals surface area contributed by atoms with E-state index >= 15 is 0 Å². The van der Waals surface area contributed by atoms with E-state index in [1.807, 2.05) is 7.05 Å². The third-order valence-electron chi connectivity index (χ3n) is 2.49. The lowest BCUT2D eigenvalue weighted by molar-refractivity contribution is 0.284. The van der Waals surface area contributed by atoms with Gasteiger partial charge in [0.2, 0.25) is 10.0 Å². The molecule has 1 heterocycles. The lowest BCUT2D eigenvalue weighted by atomic mass is 10.3. The average Bonchev–Trinajstić information content (AvgIpc) is 2.72. The van der Waals surface area contributed by atoms with Crippen LogP contribution >= 0.6 is 11.6 Å². The van der Waals surface area contributed by atoms with Gasteiger partial charge < -0.3 is 9.30 Å². The van der Waals surface area contributed by atoms with E-state index in [-0.39, 0.29) is 22.3 Å². The lowest BCUT2D eigenvalue weighted by Crippen LogP contribution is -2.14. The number of ether oxygens (including phenoxy) is 1. The van der Waals surface area contributed by atoms with E-state index < -0.39 is 10.0 Å². The molecule has 0 saturated heterocycles. The van der Waals surface area contributed by atoms with E-state index in [0.717, 1.165) is 0 Å². The van der Waals surface area contributed by atoms with Crippen LogP contribution in [0.4, 0.5) is 0 Å². The predicted octanol–water partition coefficient (Wildman–Crippen LogP) is 1.30. The van der Waals surface area contributed by atoms with Gasteiger partial charge in [0.05, 0.1) is 0 Å². The van der Waals surface area contributed by atoms with Crippen LogP contribution in [0.1, 0.15) is 5.82 Å². The molecule has 0 radical (unpaired) electrons. The molecule has 2 N–H and O–H groups in total. The minimum atomic E-state index is -3.89. The average molecular weight is 302 g/mol. The predicted molar refractivity (Wildman–Crippen MR) is 70.4 cm³/mol. The van der Waals surface area contributed by atoms with Crippen molar-refractivity contribution in [3.05, 3.63) is 41.4 Å². The topological polar surface area (TPSA) is 87.2 Å². The molecule has 2 rings (SSSR count). The number of nitrogens with zero attached hydrogens (tertiary/aromatic N) is 2. The first-order chi connectivity index (χ1) is 8.88. The van der Waals surface area contributed by atoms with Crippen LogP contribution in [-0.2, 0) is 23.7 Å². The van der Waals surface area contributed by atoms with E-state index in [0.29, 0.717) is 5.82 Å². The number of benzene rings is 1. The smallest absolute Gasteiger partial charge is 0.241 e.